The molecule has 0 saturated carbocycles. The van der Waals surface area contributed by atoms with Crippen molar-refractivity contribution in [3.63, 3.8) is 0 Å². The summed E-state index contributed by atoms with van der Waals surface area (Å²) in [5.41, 5.74) is 1.48. The Labute approximate surface area is 135 Å². The summed E-state index contributed by atoms with van der Waals surface area (Å²) >= 11 is 0. The summed E-state index contributed by atoms with van der Waals surface area (Å²) in [5, 5.41) is 0. The van der Waals surface area contributed by atoms with E-state index in [4.69, 9.17) is 4.74 Å². The summed E-state index contributed by atoms with van der Waals surface area (Å²) in [4.78, 5) is 30.6. The topological polar surface area (TPSA) is 78.2 Å². The van der Waals surface area contributed by atoms with Gasteiger partial charge < -0.3 is 19.6 Å². The molecule has 0 bridgehead atoms. The Morgan fingerprint density at radius 1 is 1.08 bits per heavy atom. The molecule has 24 heavy (non-hydrogen) atoms. The molecule has 0 aliphatic carbocycles. The number of benzene rings is 2. The van der Waals surface area contributed by atoms with Crippen LogP contribution in [0.25, 0.3) is 11.0 Å². The van der Waals surface area contributed by atoms with Gasteiger partial charge in [-0.25, -0.2) is 9.18 Å². The van der Waals surface area contributed by atoms with E-state index in [0.717, 1.165) is 0 Å². The molecular weight excluding hydrogens is 313 g/mol. The number of aromatic amines is 2. The summed E-state index contributed by atoms with van der Waals surface area (Å²) in [7, 11) is 0. The Bertz CT molecular complexity index is 955. The summed E-state index contributed by atoms with van der Waals surface area (Å²) in [6, 6.07) is 10.8. The second-order valence-electron chi connectivity index (χ2n) is 5.74. The number of nitrogens with one attached hydrogen (secondary N) is 2. The Morgan fingerprint density at radius 2 is 1.79 bits per heavy atom. The number of imidazole rings is 1. The van der Waals surface area contributed by atoms with Gasteiger partial charge in [-0.2, -0.15) is 0 Å². The van der Waals surface area contributed by atoms with Crippen molar-refractivity contribution < 1.29 is 13.9 Å². The van der Waals surface area contributed by atoms with Gasteiger partial charge in [0.15, 0.2) is 0 Å². The smallest absolute Gasteiger partial charge is 0.323 e. The van der Waals surface area contributed by atoms with Gasteiger partial charge in [-0.05, 0) is 42.5 Å². The lowest BCUT2D eigenvalue weighted by Gasteiger charge is -2.39. The Morgan fingerprint density at radius 3 is 2.54 bits per heavy atom. The van der Waals surface area contributed by atoms with Gasteiger partial charge in [0.2, 0.25) is 0 Å². The maximum Gasteiger partial charge on any atom is 0.323 e. The van der Waals surface area contributed by atoms with Gasteiger partial charge in [0.25, 0.3) is 5.91 Å². The quantitative estimate of drug-likeness (QED) is 0.771. The number of fused-ring (bicyclic) bond motifs is 1. The third-order valence-electron chi connectivity index (χ3n) is 4.01. The number of likely N-dealkylation sites (tertiary alicyclic amines) is 1. The minimum atomic E-state index is -0.314. The van der Waals surface area contributed by atoms with E-state index in [1.54, 1.807) is 35.2 Å². The number of carbonyl (C=O) groups excluding carboxylic acids is 1. The molecule has 1 aliphatic heterocycles. The highest BCUT2D eigenvalue weighted by Crippen LogP contribution is 2.21. The molecule has 1 amide bonds. The average molecular weight is 327 g/mol. The van der Waals surface area contributed by atoms with E-state index in [1.165, 1.54) is 12.1 Å². The zero-order valence-electron chi connectivity index (χ0n) is 12.6. The minimum absolute atomic E-state index is 0.102. The van der Waals surface area contributed by atoms with Gasteiger partial charge in [0, 0.05) is 5.56 Å². The molecule has 122 valence electrons. The maximum atomic E-state index is 12.9. The molecule has 2 heterocycles. The predicted octanol–water partition coefficient (Wildman–Crippen LogP) is 1.90. The molecule has 1 aromatic heterocycles. The summed E-state index contributed by atoms with van der Waals surface area (Å²) in [6.45, 7) is 0.940. The van der Waals surface area contributed by atoms with Gasteiger partial charge in [-0.1, -0.05) is 0 Å². The molecule has 7 heteroatoms. The average Bonchev–Trinajstić information content (AvgIpc) is 2.90. The second kappa shape index (κ2) is 5.52. The van der Waals surface area contributed by atoms with Crippen molar-refractivity contribution in [2.75, 3.05) is 13.1 Å². The third-order valence-corrected chi connectivity index (χ3v) is 4.01. The number of hydrogen-bond acceptors (Lipinski definition) is 3. The molecule has 3 aromatic rings. The molecule has 1 saturated heterocycles. The molecule has 6 nitrogen and oxygen atoms in total. The first-order valence-electron chi connectivity index (χ1n) is 7.52. The lowest BCUT2D eigenvalue weighted by molar-refractivity contribution is 0.0178. The van der Waals surface area contributed by atoms with Crippen LogP contribution in [0.15, 0.2) is 47.3 Å². The minimum Gasteiger partial charge on any atom is -0.487 e. The number of rotatable bonds is 3. The molecule has 4 rings (SSSR count). The van der Waals surface area contributed by atoms with E-state index >= 15 is 0 Å². The van der Waals surface area contributed by atoms with Crippen molar-refractivity contribution in [2.24, 2.45) is 0 Å². The molecule has 2 aromatic carbocycles. The normalized spacial score (nSPS) is 14.6. The van der Waals surface area contributed by atoms with Crippen LogP contribution in [0.3, 0.4) is 0 Å². The van der Waals surface area contributed by atoms with Crippen molar-refractivity contribution in [2.45, 2.75) is 6.10 Å². The maximum absolute atomic E-state index is 12.9. The first-order valence-corrected chi connectivity index (χ1v) is 7.52. The molecular formula is C17H14FN3O3. The number of ether oxygens (including phenoxy) is 1. The van der Waals surface area contributed by atoms with Crippen LogP contribution < -0.4 is 10.4 Å². The van der Waals surface area contributed by atoms with E-state index in [1.807, 2.05) is 0 Å². The Balaban J connectivity index is 1.41. The number of hydrogen-bond donors (Lipinski definition) is 2. The fourth-order valence-electron chi connectivity index (χ4n) is 2.73. The number of nitrogens with zero attached hydrogens (tertiary/aromatic N) is 1. The second-order valence-corrected chi connectivity index (χ2v) is 5.74. The van der Waals surface area contributed by atoms with Crippen LogP contribution in [0.1, 0.15) is 10.4 Å². The Hall–Kier alpha value is -3.09. The van der Waals surface area contributed by atoms with Gasteiger partial charge in [0.1, 0.15) is 17.7 Å². The van der Waals surface area contributed by atoms with Gasteiger partial charge in [-0.3, -0.25) is 4.79 Å². The highest BCUT2D eigenvalue weighted by atomic mass is 19.1. The van der Waals surface area contributed by atoms with E-state index in [2.05, 4.69) is 9.97 Å². The number of halogens is 1. The number of aromatic nitrogens is 2. The first kappa shape index (κ1) is 14.5. The van der Waals surface area contributed by atoms with Crippen molar-refractivity contribution in [3.05, 3.63) is 64.3 Å². The molecule has 1 aliphatic rings. The summed E-state index contributed by atoms with van der Waals surface area (Å²) in [6.07, 6.45) is -0.102. The number of carbonyl (C=O) groups is 1. The largest absolute Gasteiger partial charge is 0.487 e. The van der Waals surface area contributed by atoms with Gasteiger partial charge >= 0.3 is 5.69 Å². The van der Waals surface area contributed by atoms with Gasteiger partial charge in [-0.15, -0.1) is 0 Å². The Kier molecular flexibility index (Phi) is 3.34. The lowest BCUT2D eigenvalue weighted by atomic mass is 10.1. The van der Waals surface area contributed by atoms with Crippen molar-refractivity contribution >= 4 is 16.9 Å². The van der Waals surface area contributed by atoms with Gasteiger partial charge in [0.05, 0.1) is 24.1 Å². The monoisotopic (exact) mass is 327 g/mol. The van der Waals surface area contributed by atoms with E-state index in [0.29, 0.717) is 35.4 Å². The molecule has 0 spiro atoms. The first-order chi connectivity index (χ1) is 11.6. The van der Waals surface area contributed by atoms with E-state index in [9.17, 15) is 14.0 Å². The van der Waals surface area contributed by atoms with E-state index in [-0.39, 0.29) is 23.5 Å². The number of H-pyrrole nitrogens is 2. The third kappa shape index (κ3) is 2.64. The van der Waals surface area contributed by atoms with Crippen molar-refractivity contribution in [1.29, 1.82) is 0 Å². The molecule has 0 atom stereocenters. The van der Waals surface area contributed by atoms with Crippen LogP contribution in [0.2, 0.25) is 0 Å². The summed E-state index contributed by atoms with van der Waals surface area (Å²) < 4.78 is 18.5. The lowest BCUT2D eigenvalue weighted by Crippen LogP contribution is -2.56. The van der Waals surface area contributed by atoms with Crippen LogP contribution >= 0.6 is 0 Å². The zero-order valence-corrected chi connectivity index (χ0v) is 12.6. The fourth-order valence-corrected chi connectivity index (χ4v) is 2.73. The van der Waals surface area contributed by atoms with Crippen molar-refractivity contribution in [1.82, 2.24) is 14.9 Å². The fraction of sp³-hybridized carbons (Fsp3) is 0.176. The molecule has 0 radical (unpaired) electrons. The summed E-state index contributed by atoms with van der Waals surface area (Å²) in [5.74, 6) is 0.156. The van der Waals surface area contributed by atoms with Crippen LogP contribution in [0.4, 0.5) is 4.39 Å². The predicted molar refractivity (Wildman–Crippen MR) is 85.6 cm³/mol. The SMILES string of the molecule is O=C(c1ccc2[nH]c(=O)[nH]c2c1)N1CC(Oc2ccc(F)cc2)C1. The number of amides is 1. The van der Waals surface area contributed by atoms with Crippen LogP contribution in [-0.2, 0) is 0 Å². The molecule has 2 N–H and O–H groups in total. The molecule has 0 unspecified atom stereocenters. The molecule has 1 fully saturated rings. The van der Waals surface area contributed by atoms with Crippen LogP contribution in [0.5, 0.6) is 5.75 Å². The highest BCUT2D eigenvalue weighted by molar-refractivity contribution is 5.97. The van der Waals surface area contributed by atoms with Crippen LogP contribution in [-0.4, -0.2) is 40.0 Å². The standard InChI is InChI=1S/C17H14FN3O3/c18-11-2-4-12(5-3-11)24-13-8-21(9-13)16(22)10-1-6-14-15(7-10)20-17(23)19-14/h1-7,13H,8-9H2,(H2,19,20,23). The van der Waals surface area contributed by atoms with Crippen LogP contribution in [0, 0.1) is 5.82 Å². The van der Waals surface area contributed by atoms with Crippen molar-refractivity contribution in [3.8, 4) is 5.75 Å². The van der Waals surface area contributed by atoms with E-state index < -0.39 is 0 Å². The zero-order chi connectivity index (χ0) is 16.7. The highest BCUT2D eigenvalue weighted by Gasteiger charge is 2.32.